The average molecular weight is 370 g/mol. The smallest absolute Gasteiger partial charge is 0.251 e. The number of sulfonamides is 1. The van der Waals surface area contributed by atoms with Crippen molar-refractivity contribution in [2.75, 3.05) is 25.1 Å². The maximum absolute atomic E-state index is 12.8. The number of sulfone groups is 1. The summed E-state index contributed by atoms with van der Waals surface area (Å²) in [6, 6.07) is 4.74. The first-order valence-electron chi connectivity index (χ1n) is 7.19. The molecule has 0 unspecified atom stereocenters. The molecule has 1 aromatic carbocycles. The van der Waals surface area contributed by atoms with Crippen molar-refractivity contribution >= 4 is 25.8 Å². The van der Waals surface area contributed by atoms with Gasteiger partial charge in [-0.3, -0.25) is 4.79 Å². The van der Waals surface area contributed by atoms with Gasteiger partial charge in [-0.05, 0) is 30.7 Å². The molecule has 0 aliphatic carbocycles. The Morgan fingerprint density at radius 2 is 2.00 bits per heavy atom. The Kier molecular flexibility index (Phi) is 5.32. The fourth-order valence-electron chi connectivity index (χ4n) is 2.56. The number of nitrogens with zero attached hydrogens (tertiary/aromatic N) is 1. The van der Waals surface area contributed by atoms with Gasteiger partial charge >= 0.3 is 0 Å². The van der Waals surface area contributed by atoms with Gasteiger partial charge in [-0.15, -0.1) is 6.42 Å². The SMILES string of the molecule is C#CCN([C@H]1CCS(=O)(=O)C1)S(=O)(=O)c1ccc(C(=O)NC)cc1. The second-order valence-electron chi connectivity index (χ2n) is 5.41. The lowest BCUT2D eigenvalue weighted by molar-refractivity contribution is 0.0963. The number of carbonyl (C=O) groups excluding carboxylic acids is 1. The molecule has 1 amide bonds. The number of hydrogen-bond acceptors (Lipinski definition) is 5. The monoisotopic (exact) mass is 370 g/mol. The molecule has 9 heteroatoms. The van der Waals surface area contributed by atoms with Crippen LogP contribution in [0.25, 0.3) is 0 Å². The topological polar surface area (TPSA) is 101 Å². The lowest BCUT2D eigenvalue weighted by Gasteiger charge is -2.25. The molecule has 1 N–H and O–H groups in total. The lowest BCUT2D eigenvalue weighted by Crippen LogP contribution is -2.41. The van der Waals surface area contributed by atoms with Crippen molar-refractivity contribution in [1.29, 1.82) is 0 Å². The standard InChI is InChI=1S/C15H18N2O5S2/c1-3-9-17(13-8-10-23(19,20)11-13)24(21,22)14-6-4-12(5-7-14)15(18)16-2/h1,4-7,13H,8-11H2,2H3,(H,16,18)/t13-/m0/s1. The summed E-state index contributed by atoms with van der Waals surface area (Å²) < 4.78 is 50.0. The van der Waals surface area contributed by atoms with Crippen LogP contribution in [0.15, 0.2) is 29.2 Å². The van der Waals surface area contributed by atoms with E-state index in [0.717, 1.165) is 4.31 Å². The van der Waals surface area contributed by atoms with E-state index in [1.165, 1.54) is 31.3 Å². The van der Waals surface area contributed by atoms with Crippen LogP contribution in [0.1, 0.15) is 16.8 Å². The first-order valence-corrected chi connectivity index (χ1v) is 10.5. The second kappa shape index (κ2) is 6.93. The molecule has 0 bridgehead atoms. The van der Waals surface area contributed by atoms with E-state index in [-0.39, 0.29) is 35.3 Å². The van der Waals surface area contributed by atoms with Crippen molar-refractivity contribution in [3.8, 4) is 12.3 Å². The Morgan fingerprint density at radius 3 is 2.46 bits per heavy atom. The first kappa shape index (κ1) is 18.4. The van der Waals surface area contributed by atoms with E-state index >= 15 is 0 Å². The summed E-state index contributed by atoms with van der Waals surface area (Å²) in [6.07, 6.45) is 5.48. The molecular formula is C15H18N2O5S2. The van der Waals surface area contributed by atoms with Crippen molar-refractivity contribution in [1.82, 2.24) is 9.62 Å². The summed E-state index contributed by atoms with van der Waals surface area (Å²) in [7, 11) is -5.73. The highest BCUT2D eigenvalue weighted by Gasteiger charge is 2.38. The summed E-state index contributed by atoms with van der Waals surface area (Å²) in [4.78, 5) is 11.5. The minimum Gasteiger partial charge on any atom is -0.355 e. The fraction of sp³-hybridized carbons (Fsp3) is 0.400. The summed E-state index contributed by atoms with van der Waals surface area (Å²) in [5, 5.41) is 2.44. The Morgan fingerprint density at radius 1 is 1.38 bits per heavy atom. The van der Waals surface area contributed by atoms with Gasteiger partial charge in [0.05, 0.1) is 22.9 Å². The molecule has 2 rings (SSSR count). The third-order valence-corrected chi connectivity index (χ3v) is 7.48. The van der Waals surface area contributed by atoms with Crippen LogP contribution in [0.2, 0.25) is 0 Å². The van der Waals surface area contributed by atoms with Crippen LogP contribution < -0.4 is 5.32 Å². The zero-order chi connectivity index (χ0) is 18.0. The van der Waals surface area contributed by atoms with Crippen LogP contribution in [-0.4, -0.2) is 58.2 Å². The Hall–Kier alpha value is -1.89. The summed E-state index contributed by atoms with van der Waals surface area (Å²) in [5.74, 6) is 1.66. The lowest BCUT2D eigenvalue weighted by atomic mass is 10.2. The van der Waals surface area contributed by atoms with E-state index in [4.69, 9.17) is 6.42 Å². The summed E-state index contributed by atoms with van der Waals surface area (Å²) >= 11 is 0. The van der Waals surface area contributed by atoms with Gasteiger partial charge < -0.3 is 5.32 Å². The maximum atomic E-state index is 12.8. The van der Waals surface area contributed by atoms with Crippen LogP contribution in [0.5, 0.6) is 0 Å². The fourth-order valence-corrected chi connectivity index (χ4v) is 5.95. The third kappa shape index (κ3) is 3.77. The minimum absolute atomic E-state index is 0.0327. The molecule has 1 aromatic rings. The van der Waals surface area contributed by atoms with Crippen LogP contribution in [0, 0.1) is 12.3 Å². The molecule has 0 aromatic heterocycles. The van der Waals surface area contributed by atoms with Gasteiger partial charge in [0.1, 0.15) is 0 Å². The van der Waals surface area contributed by atoms with Crippen LogP contribution >= 0.6 is 0 Å². The van der Waals surface area contributed by atoms with E-state index in [0.29, 0.717) is 5.56 Å². The number of hydrogen-bond donors (Lipinski definition) is 1. The van der Waals surface area contributed by atoms with Gasteiger partial charge in [-0.25, -0.2) is 16.8 Å². The van der Waals surface area contributed by atoms with Gasteiger partial charge in [-0.1, -0.05) is 5.92 Å². The first-order chi connectivity index (χ1) is 11.2. The highest BCUT2D eigenvalue weighted by atomic mass is 32.2. The molecule has 1 atom stereocenters. The van der Waals surface area contributed by atoms with Crippen molar-refractivity contribution in [2.24, 2.45) is 0 Å². The van der Waals surface area contributed by atoms with Gasteiger partial charge in [0, 0.05) is 18.7 Å². The predicted molar refractivity (Wildman–Crippen MR) is 89.6 cm³/mol. The third-order valence-electron chi connectivity index (χ3n) is 3.81. The molecule has 1 aliphatic heterocycles. The highest BCUT2D eigenvalue weighted by molar-refractivity contribution is 7.92. The Labute approximate surface area is 142 Å². The van der Waals surface area contributed by atoms with Gasteiger partial charge in [0.15, 0.2) is 9.84 Å². The zero-order valence-electron chi connectivity index (χ0n) is 13.1. The maximum Gasteiger partial charge on any atom is 0.251 e. The predicted octanol–water partition coefficient (Wildman–Crippen LogP) is -0.143. The van der Waals surface area contributed by atoms with E-state index in [1.807, 2.05) is 0 Å². The molecule has 1 aliphatic rings. The highest BCUT2D eigenvalue weighted by Crippen LogP contribution is 2.25. The number of benzene rings is 1. The number of rotatable bonds is 5. The molecule has 24 heavy (non-hydrogen) atoms. The van der Waals surface area contributed by atoms with E-state index in [9.17, 15) is 21.6 Å². The normalized spacial score (nSPS) is 19.8. The van der Waals surface area contributed by atoms with E-state index in [1.54, 1.807) is 0 Å². The molecule has 1 heterocycles. The molecule has 1 saturated heterocycles. The van der Waals surface area contributed by atoms with Crippen molar-refractivity contribution in [3.63, 3.8) is 0 Å². The van der Waals surface area contributed by atoms with Crippen molar-refractivity contribution < 1.29 is 21.6 Å². The van der Waals surface area contributed by atoms with Gasteiger partial charge in [0.25, 0.3) is 5.91 Å². The van der Waals surface area contributed by atoms with Crippen LogP contribution in [0.3, 0.4) is 0 Å². The van der Waals surface area contributed by atoms with Crippen molar-refractivity contribution in [2.45, 2.75) is 17.4 Å². The Bertz CT molecular complexity index is 867. The van der Waals surface area contributed by atoms with E-state index in [2.05, 4.69) is 11.2 Å². The molecule has 1 fully saturated rings. The molecule has 0 radical (unpaired) electrons. The minimum atomic E-state index is -3.95. The van der Waals surface area contributed by atoms with Crippen LogP contribution in [-0.2, 0) is 19.9 Å². The number of terminal acetylenes is 1. The van der Waals surface area contributed by atoms with Crippen LogP contribution in [0.4, 0.5) is 0 Å². The molecule has 130 valence electrons. The molecular weight excluding hydrogens is 352 g/mol. The second-order valence-corrected chi connectivity index (χ2v) is 9.53. The quantitative estimate of drug-likeness (QED) is 0.727. The number of carbonyl (C=O) groups is 1. The Balaban J connectivity index is 2.35. The summed E-state index contributed by atoms with van der Waals surface area (Å²) in [6.45, 7) is -0.209. The molecule has 0 spiro atoms. The zero-order valence-corrected chi connectivity index (χ0v) is 14.7. The van der Waals surface area contributed by atoms with Gasteiger partial charge in [-0.2, -0.15) is 4.31 Å². The molecule has 0 saturated carbocycles. The largest absolute Gasteiger partial charge is 0.355 e. The van der Waals surface area contributed by atoms with Crippen molar-refractivity contribution in [3.05, 3.63) is 29.8 Å². The molecule has 7 nitrogen and oxygen atoms in total. The number of nitrogens with one attached hydrogen (secondary N) is 1. The van der Waals surface area contributed by atoms with E-state index < -0.39 is 25.9 Å². The van der Waals surface area contributed by atoms with Gasteiger partial charge in [0.2, 0.25) is 10.0 Å². The number of amides is 1. The average Bonchev–Trinajstić information content (AvgIpc) is 2.91. The summed E-state index contributed by atoms with van der Waals surface area (Å²) in [5.41, 5.74) is 0.323.